The highest BCUT2D eigenvalue weighted by atomic mass is 16.5. The van der Waals surface area contributed by atoms with Gasteiger partial charge in [-0.2, -0.15) is 0 Å². The molecule has 138 valence electrons. The van der Waals surface area contributed by atoms with Crippen molar-refractivity contribution in [1.29, 1.82) is 0 Å². The average molecular weight is 348 g/mol. The van der Waals surface area contributed by atoms with Crippen molar-refractivity contribution >= 4 is 5.91 Å². The lowest BCUT2D eigenvalue weighted by Gasteiger charge is -2.42. The molecule has 25 heavy (non-hydrogen) atoms. The number of carbonyl (C=O) groups is 1. The van der Waals surface area contributed by atoms with Crippen molar-refractivity contribution in [2.75, 3.05) is 33.3 Å². The molecule has 1 aromatic carbocycles. The van der Waals surface area contributed by atoms with Gasteiger partial charge < -0.3 is 25.2 Å². The van der Waals surface area contributed by atoms with Crippen LogP contribution in [0, 0.1) is 5.41 Å². The minimum atomic E-state index is -0.850. The normalized spacial score (nSPS) is 27.8. The molecule has 1 aromatic rings. The lowest BCUT2D eigenvalue weighted by atomic mass is 9.73. The number of ether oxygens (including phenoxy) is 1. The predicted octanol–water partition coefficient (Wildman–Crippen LogP) is 0.562. The van der Waals surface area contributed by atoms with Crippen LogP contribution in [0.4, 0.5) is 0 Å². The maximum absolute atomic E-state index is 12.5. The summed E-state index contributed by atoms with van der Waals surface area (Å²) in [7, 11) is 1.79. The number of nitrogens with one attached hydrogen (secondary N) is 1. The number of para-hydroxylation sites is 1. The van der Waals surface area contributed by atoms with Crippen molar-refractivity contribution in [2.45, 2.75) is 37.9 Å². The molecular formula is C19H28N2O4. The smallest absolute Gasteiger partial charge is 0.260 e. The van der Waals surface area contributed by atoms with E-state index in [0.29, 0.717) is 25.1 Å². The lowest BCUT2D eigenvalue weighted by Crippen LogP contribution is -2.49. The zero-order valence-electron chi connectivity index (χ0n) is 14.8. The number of hydrogen-bond donors (Lipinski definition) is 3. The fourth-order valence-electron chi connectivity index (χ4n) is 3.98. The van der Waals surface area contributed by atoms with Crippen LogP contribution >= 0.6 is 0 Å². The van der Waals surface area contributed by atoms with Crippen molar-refractivity contribution in [3.8, 4) is 5.75 Å². The third-order valence-electron chi connectivity index (χ3n) is 5.50. The maximum Gasteiger partial charge on any atom is 0.260 e. The van der Waals surface area contributed by atoms with E-state index >= 15 is 0 Å². The van der Waals surface area contributed by atoms with Crippen LogP contribution < -0.4 is 10.1 Å². The first-order chi connectivity index (χ1) is 12.0. The van der Waals surface area contributed by atoms with Crippen LogP contribution in [0.25, 0.3) is 0 Å². The second kappa shape index (κ2) is 7.72. The van der Waals surface area contributed by atoms with Crippen LogP contribution in [0.15, 0.2) is 24.3 Å². The summed E-state index contributed by atoms with van der Waals surface area (Å²) in [5, 5.41) is 24.5. The number of amides is 1. The van der Waals surface area contributed by atoms with Crippen LogP contribution in [0.2, 0.25) is 0 Å². The van der Waals surface area contributed by atoms with E-state index in [1.165, 1.54) is 0 Å². The van der Waals surface area contributed by atoms with Crippen LogP contribution in [0.5, 0.6) is 5.75 Å². The molecule has 2 aliphatic heterocycles. The van der Waals surface area contributed by atoms with E-state index in [9.17, 15) is 15.0 Å². The van der Waals surface area contributed by atoms with E-state index in [0.717, 1.165) is 31.5 Å². The minimum Gasteiger partial charge on any atom is -0.483 e. The molecule has 1 amide bonds. The second-order valence-corrected chi connectivity index (χ2v) is 7.44. The largest absolute Gasteiger partial charge is 0.483 e. The standard InChI is InChI=1S/C19H28N2O4/c1-21-13-19(6-8-20-9-7-19)11-16(23)15(22)10-14-4-2-3-5-17(14)25-12-18(21)24/h2-5,15-16,20,22-23H,6-13H2,1H3/t15-,16+/m0/s1. The SMILES string of the molecule is CN1CC2(CCNCC2)C[C@@H](O)[C@@H](O)Cc2ccccc2OCC1=O. The van der Waals surface area contributed by atoms with E-state index < -0.39 is 12.2 Å². The van der Waals surface area contributed by atoms with E-state index in [1.54, 1.807) is 18.0 Å². The van der Waals surface area contributed by atoms with Crippen molar-refractivity contribution in [3.05, 3.63) is 29.8 Å². The predicted molar refractivity (Wildman–Crippen MR) is 94.4 cm³/mol. The molecule has 6 nitrogen and oxygen atoms in total. The highest BCUT2D eigenvalue weighted by Crippen LogP contribution is 2.36. The van der Waals surface area contributed by atoms with E-state index in [2.05, 4.69) is 5.32 Å². The molecule has 2 aliphatic rings. The molecule has 3 rings (SSSR count). The van der Waals surface area contributed by atoms with Gasteiger partial charge in [0.25, 0.3) is 5.91 Å². The number of aliphatic hydroxyl groups is 2. The van der Waals surface area contributed by atoms with Gasteiger partial charge >= 0.3 is 0 Å². The minimum absolute atomic E-state index is 0.0134. The first-order valence-electron chi connectivity index (χ1n) is 9.01. The van der Waals surface area contributed by atoms with Gasteiger partial charge in [0.2, 0.25) is 0 Å². The third-order valence-corrected chi connectivity index (χ3v) is 5.50. The Hall–Kier alpha value is -1.63. The van der Waals surface area contributed by atoms with Gasteiger partial charge in [0.15, 0.2) is 6.61 Å². The zero-order chi connectivity index (χ0) is 17.9. The quantitative estimate of drug-likeness (QED) is 0.638. The Bertz CT molecular complexity index is 601. The van der Waals surface area contributed by atoms with E-state index in [1.807, 2.05) is 18.2 Å². The average Bonchev–Trinajstić information content (AvgIpc) is 2.60. The number of fused-ring (bicyclic) bond motifs is 1. The van der Waals surface area contributed by atoms with Crippen LogP contribution in [-0.4, -0.2) is 66.5 Å². The third kappa shape index (κ3) is 4.32. The lowest BCUT2D eigenvalue weighted by molar-refractivity contribution is -0.134. The molecule has 1 spiro atoms. The molecule has 0 saturated carbocycles. The van der Waals surface area contributed by atoms with Crippen molar-refractivity contribution in [2.24, 2.45) is 5.41 Å². The van der Waals surface area contributed by atoms with Gasteiger partial charge in [-0.25, -0.2) is 0 Å². The summed E-state index contributed by atoms with van der Waals surface area (Å²) < 4.78 is 5.71. The van der Waals surface area contributed by atoms with E-state index in [-0.39, 0.29) is 17.9 Å². The number of hydrogen-bond acceptors (Lipinski definition) is 5. The summed E-state index contributed by atoms with van der Waals surface area (Å²) in [6.45, 7) is 2.29. The summed E-state index contributed by atoms with van der Waals surface area (Å²) >= 11 is 0. The summed E-state index contributed by atoms with van der Waals surface area (Å²) in [6, 6.07) is 7.37. The molecule has 2 atom stereocenters. The molecule has 1 fully saturated rings. The topological polar surface area (TPSA) is 82.0 Å². The Morgan fingerprint density at radius 1 is 1.20 bits per heavy atom. The molecule has 3 N–H and O–H groups in total. The summed E-state index contributed by atoms with van der Waals surface area (Å²) in [6.07, 6.45) is 0.898. The molecule has 0 aromatic heterocycles. The Labute approximate surface area is 148 Å². The molecule has 0 bridgehead atoms. The number of piperidine rings is 1. The van der Waals surface area contributed by atoms with Gasteiger partial charge in [0.05, 0.1) is 12.2 Å². The number of nitrogens with zero attached hydrogens (tertiary/aromatic N) is 1. The highest BCUT2D eigenvalue weighted by Gasteiger charge is 2.38. The summed E-state index contributed by atoms with van der Waals surface area (Å²) in [5.74, 6) is 0.524. The fraction of sp³-hybridized carbons (Fsp3) is 0.632. The number of carbonyl (C=O) groups excluding carboxylic acids is 1. The summed E-state index contributed by atoms with van der Waals surface area (Å²) in [4.78, 5) is 14.2. The molecule has 6 heteroatoms. The maximum atomic E-state index is 12.5. The highest BCUT2D eigenvalue weighted by molar-refractivity contribution is 5.77. The van der Waals surface area contributed by atoms with Gasteiger partial charge in [0, 0.05) is 20.0 Å². The van der Waals surface area contributed by atoms with Gasteiger partial charge in [-0.3, -0.25) is 4.79 Å². The molecule has 0 unspecified atom stereocenters. The first-order valence-corrected chi connectivity index (χ1v) is 9.01. The van der Waals surface area contributed by atoms with Crippen molar-refractivity contribution < 1.29 is 19.7 Å². The Morgan fingerprint density at radius 3 is 2.68 bits per heavy atom. The van der Waals surface area contributed by atoms with Gasteiger partial charge in [-0.05, 0) is 49.4 Å². The van der Waals surface area contributed by atoms with E-state index in [4.69, 9.17) is 4.74 Å². The molecule has 2 heterocycles. The van der Waals surface area contributed by atoms with Crippen molar-refractivity contribution in [3.63, 3.8) is 0 Å². The monoisotopic (exact) mass is 348 g/mol. The second-order valence-electron chi connectivity index (χ2n) is 7.44. The summed E-state index contributed by atoms with van der Waals surface area (Å²) in [5.41, 5.74) is 0.638. The number of likely N-dealkylation sites (N-methyl/N-ethyl adjacent to an activating group) is 1. The zero-order valence-corrected chi connectivity index (χ0v) is 14.8. The van der Waals surface area contributed by atoms with Crippen LogP contribution in [0.3, 0.4) is 0 Å². The number of aliphatic hydroxyl groups excluding tert-OH is 2. The number of rotatable bonds is 0. The Kier molecular flexibility index (Phi) is 5.61. The van der Waals surface area contributed by atoms with Crippen LogP contribution in [0.1, 0.15) is 24.8 Å². The van der Waals surface area contributed by atoms with Gasteiger partial charge in [-0.15, -0.1) is 0 Å². The molecule has 0 radical (unpaired) electrons. The Balaban J connectivity index is 1.87. The molecule has 0 aliphatic carbocycles. The van der Waals surface area contributed by atoms with Gasteiger partial charge in [-0.1, -0.05) is 18.2 Å². The fourth-order valence-corrected chi connectivity index (χ4v) is 3.98. The first kappa shape index (κ1) is 18.2. The van der Waals surface area contributed by atoms with Crippen molar-refractivity contribution in [1.82, 2.24) is 10.2 Å². The van der Waals surface area contributed by atoms with Crippen LogP contribution in [-0.2, 0) is 11.2 Å². The Morgan fingerprint density at radius 2 is 1.92 bits per heavy atom. The molecule has 1 saturated heterocycles. The van der Waals surface area contributed by atoms with Gasteiger partial charge in [0.1, 0.15) is 5.75 Å². The number of benzene rings is 1. The molecular weight excluding hydrogens is 320 g/mol.